The first kappa shape index (κ1) is 19.0. The first-order valence-electron chi connectivity index (χ1n) is 6.95. The lowest BCUT2D eigenvalue weighted by atomic mass is 10.1. The molecule has 0 spiro atoms. The van der Waals surface area contributed by atoms with Crippen molar-refractivity contribution in [2.45, 2.75) is 44.7 Å². The van der Waals surface area contributed by atoms with Gasteiger partial charge in [-0.1, -0.05) is 6.92 Å². The van der Waals surface area contributed by atoms with Crippen molar-refractivity contribution in [3.63, 3.8) is 0 Å². The topological polar surface area (TPSA) is 35.6 Å². The third-order valence-electron chi connectivity index (χ3n) is 4.09. The summed E-state index contributed by atoms with van der Waals surface area (Å²) < 4.78 is 0. The quantitative estimate of drug-likeness (QED) is 0.855. The van der Waals surface area contributed by atoms with E-state index in [-0.39, 0.29) is 30.9 Å². The first-order chi connectivity index (χ1) is 8.24. The van der Waals surface area contributed by atoms with Gasteiger partial charge in [-0.25, -0.2) is 0 Å². The molecular formula is C13H27Cl2N3O. The van der Waals surface area contributed by atoms with Gasteiger partial charge >= 0.3 is 0 Å². The molecule has 2 heterocycles. The summed E-state index contributed by atoms with van der Waals surface area (Å²) in [6.45, 7) is 6.35. The van der Waals surface area contributed by atoms with E-state index in [0.717, 1.165) is 45.4 Å². The molecule has 2 unspecified atom stereocenters. The molecule has 2 aliphatic heterocycles. The Kier molecular flexibility index (Phi) is 8.99. The van der Waals surface area contributed by atoms with Crippen LogP contribution in [0.1, 0.15) is 32.6 Å². The lowest BCUT2D eigenvalue weighted by Gasteiger charge is -2.30. The van der Waals surface area contributed by atoms with Gasteiger partial charge in [-0.05, 0) is 45.3 Å². The number of rotatable bonds is 4. The fraction of sp³-hybridized carbons (Fsp3) is 0.923. The van der Waals surface area contributed by atoms with E-state index < -0.39 is 0 Å². The number of likely N-dealkylation sites (N-methyl/N-ethyl adjacent to an activating group) is 1. The van der Waals surface area contributed by atoms with Crippen LogP contribution in [0.3, 0.4) is 0 Å². The summed E-state index contributed by atoms with van der Waals surface area (Å²) in [7, 11) is 1.97. The van der Waals surface area contributed by atoms with Gasteiger partial charge in [0.1, 0.15) is 0 Å². The molecule has 2 atom stereocenters. The van der Waals surface area contributed by atoms with Crippen molar-refractivity contribution in [2.75, 3.05) is 33.2 Å². The molecule has 4 nitrogen and oxygen atoms in total. The maximum atomic E-state index is 12.5. The average molecular weight is 312 g/mol. The SMILES string of the molecule is CCCN1CCCC1C(=O)N(C)C1CCNC1.Cl.Cl. The van der Waals surface area contributed by atoms with Crippen LogP contribution >= 0.6 is 24.8 Å². The normalized spacial score (nSPS) is 26.6. The molecule has 2 fully saturated rings. The summed E-state index contributed by atoms with van der Waals surface area (Å²) in [5.74, 6) is 0.338. The van der Waals surface area contributed by atoms with Gasteiger partial charge in [-0.2, -0.15) is 0 Å². The predicted octanol–water partition coefficient (Wildman–Crippen LogP) is 1.52. The van der Waals surface area contributed by atoms with Crippen LogP contribution in [-0.2, 0) is 4.79 Å². The fourth-order valence-electron chi connectivity index (χ4n) is 3.05. The monoisotopic (exact) mass is 311 g/mol. The van der Waals surface area contributed by atoms with Gasteiger partial charge in [0.25, 0.3) is 0 Å². The van der Waals surface area contributed by atoms with E-state index in [1.54, 1.807) is 0 Å². The molecule has 2 rings (SSSR count). The summed E-state index contributed by atoms with van der Waals surface area (Å²) >= 11 is 0. The third-order valence-corrected chi connectivity index (χ3v) is 4.09. The molecule has 0 radical (unpaired) electrons. The average Bonchev–Trinajstić information content (AvgIpc) is 2.98. The zero-order valence-corrected chi connectivity index (χ0v) is 13.6. The molecule has 1 amide bonds. The second-order valence-corrected chi connectivity index (χ2v) is 5.29. The van der Waals surface area contributed by atoms with Crippen molar-refractivity contribution < 1.29 is 4.79 Å². The van der Waals surface area contributed by atoms with Crippen molar-refractivity contribution in [2.24, 2.45) is 0 Å². The number of hydrogen-bond donors (Lipinski definition) is 1. The van der Waals surface area contributed by atoms with Crippen molar-refractivity contribution in [1.29, 1.82) is 0 Å². The zero-order chi connectivity index (χ0) is 12.3. The smallest absolute Gasteiger partial charge is 0.239 e. The molecule has 0 aliphatic carbocycles. The molecule has 114 valence electrons. The molecule has 6 heteroatoms. The Morgan fingerprint density at radius 2 is 2.11 bits per heavy atom. The van der Waals surface area contributed by atoms with E-state index in [9.17, 15) is 4.79 Å². The van der Waals surface area contributed by atoms with E-state index in [1.807, 2.05) is 11.9 Å². The molecule has 0 saturated carbocycles. The van der Waals surface area contributed by atoms with E-state index in [0.29, 0.717) is 11.9 Å². The Morgan fingerprint density at radius 3 is 2.68 bits per heavy atom. The van der Waals surface area contributed by atoms with Gasteiger partial charge in [0.2, 0.25) is 5.91 Å². The van der Waals surface area contributed by atoms with Crippen molar-refractivity contribution in [1.82, 2.24) is 15.1 Å². The van der Waals surface area contributed by atoms with Gasteiger partial charge in [-0.15, -0.1) is 24.8 Å². The van der Waals surface area contributed by atoms with E-state index >= 15 is 0 Å². The highest BCUT2D eigenvalue weighted by atomic mass is 35.5. The Balaban J connectivity index is 0.00000162. The Hall–Kier alpha value is -0.0300. The minimum atomic E-state index is 0. The molecule has 0 aromatic heterocycles. The maximum Gasteiger partial charge on any atom is 0.239 e. The molecule has 19 heavy (non-hydrogen) atoms. The molecule has 2 saturated heterocycles. The second-order valence-electron chi connectivity index (χ2n) is 5.29. The highest BCUT2D eigenvalue weighted by molar-refractivity contribution is 5.85. The first-order valence-corrected chi connectivity index (χ1v) is 6.95. The summed E-state index contributed by atoms with van der Waals surface area (Å²) in [4.78, 5) is 16.8. The third kappa shape index (κ3) is 4.48. The van der Waals surface area contributed by atoms with Crippen LogP contribution in [0.25, 0.3) is 0 Å². The molecule has 0 aromatic rings. The molecule has 0 bridgehead atoms. The van der Waals surface area contributed by atoms with Crippen LogP contribution in [0.4, 0.5) is 0 Å². The zero-order valence-electron chi connectivity index (χ0n) is 11.9. The van der Waals surface area contributed by atoms with Crippen LogP contribution in [-0.4, -0.2) is 61.0 Å². The highest BCUT2D eigenvalue weighted by Crippen LogP contribution is 2.20. The Morgan fingerprint density at radius 1 is 1.37 bits per heavy atom. The number of carbonyl (C=O) groups excluding carboxylic acids is 1. The number of hydrogen-bond acceptors (Lipinski definition) is 3. The van der Waals surface area contributed by atoms with Gasteiger partial charge in [0.15, 0.2) is 0 Å². The van der Waals surface area contributed by atoms with Crippen molar-refractivity contribution in [3.05, 3.63) is 0 Å². The van der Waals surface area contributed by atoms with E-state index in [4.69, 9.17) is 0 Å². The van der Waals surface area contributed by atoms with Crippen molar-refractivity contribution >= 4 is 30.7 Å². The molecular weight excluding hydrogens is 285 g/mol. The van der Waals surface area contributed by atoms with E-state index in [2.05, 4.69) is 17.1 Å². The predicted molar refractivity (Wildman–Crippen MR) is 83.4 cm³/mol. The maximum absolute atomic E-state index is 12.5. The van der Waals surface area contributed by atoms with Gasteiger partial charge in [0, 0.05) is 19.6 Å². The highest BCUT2D eigenvalue weighted by Gasteiger charge is 2.34. The van der Waals surface area contributed by atoms with Crippen molar-refractivity contribution in [3.8, 4) is 0 Å². The Bertz CT molecular complexity index is 273. The van der Waals surface area contributed by atoms with Gasteiger partial charge in [-0.3, -0.25) is 9.69 Å². The van der Waals surface area contributed by atoms with Crippen LogP contribution in [0.2, 0.25) is 0 Å². The van der Waals surface area contributed by atoms with Gasteiger partial charge in [0.05, 0.1) is 6.04 Å². The summed E-state index contributed by atoms with van der Waals surface area (Å²) in [5, 5.41) is 3.33. The van der Waals surface area contributed by atoms with Gasteiger partial charge < -0.3 is 10.2 Å². The molecule has 1 N–H and O–H groups in total. The largest absolute Gasteiger partial charge is 0.340 e. The lowest BCUT2D eigenvalue weighted by Crippen LogP contribution is -2.48. The summed E-state index contributed by atoms with van der Waals surface area (Å²) in [6.07, 6.45) is 4.46. The van der Waals surface area contributed by atoms with Crippen LogP contribution in [0, 0.1) is 0 Å². The lowest BCUT2D eigenvalue weighted by molar-refractivity contribution is -0.136. The standard InChI is InChI=1S/C13H25N3O.2ClH/c1-3-8-16-9-4-5-12(16)13(17)15(2)11-6-7-14-10-11;;/h11-12,14H,3-10H2,1-2H3;2*1H. The minimum absolute atomic E-state index is 0. The number of amides is 1. The number of likely N-dealkylation sites (tertiary alicyclic amines) is 1. The van der Waals surface area contributed by atoms with E-state index in [1.165, 1.54) is 6.42 Å². The minimum Gasteiger partial charge on any atom is -0.340 e. The Labute approximate surface area is 129 Å². The molecule has 2 aliphatic rings. The fourth-order valence-corrected chi connectivity index (χ4v) is 3.05. The molecule has 0 aromatic carbocycles. The van der Waals surface area contributed by atoms with Crippen LogP contribution < -0.4 is 5.32 Å². The number of halogens is 2. The number of carbonyl (C=O) groups is 1. The number of nitrogens with zero attached hydrogens (tertiary/aromatic N) is 2. The second kappa shape index (κ2) is 9.01. The summed E-state index contributed by atoms with van der Waals surface area (Å²) in [6, 6.07) is 0.562. The van der Waals surface area contributed by atoms with Crippen LogP contribution in [0.5, 0.6) is 0 Å². The number of nitrogens with one attached hydrogen (secondary N) is 1. The van der Waals surface area contributed by atoms with Crippen LogP contribution in [0.15, 0.2) is 0 Å². The summed E-state index contributed by atoms with van der Waals surface area (Å²) in [5.41, 5.74) is 0.